The van der Waals surface area contributed by atoms with Crippen molar-refractivity contribution in [1.29, 1.82) is 0 Å². The monoisotopic (exact) mass is 257 g/mol. The van der Waals surface area contributed by atoms with Gasteiger partial charge in [-0.3, -0.25) is 4.79 Å². The van der Waals surface area contributed by atoms with Crippen LogP contribution in [0.3, 0.4) is 0 Å². The molecule has 4 heteroatoms. The highest BCUT2D eigenvalue weighted by Crippen LogP contribution is 2.22. The number of benzene rings is 1. The molecule has 1 aliphatic rings. The van der Waals surface area contributed by atoms with E-state index in [-0.39, 0.29) is 5.91 Å². The van der Waals surface area contributed by atoms with Crippen molar-refractivity contribution in [1.82, 2.24) is 9.88 Å². The maximum Gasteiger partial charge on any atom is 0.255 e. The molecule has 0 saturated carbocycles. The van der Waals surface area contributed by atoms with E-state index in [9.17, 15) is 4.79 Å². The van der Waals surface area contributed by atoms with E-state index in [0.29, 0.717) is 5.92 Å². The van der Waals surface area contributed by atoms with E-state index in [1.165, 1.54) is 0 Å². The molecule has 100 valence electrons. The van der Waals surface area contributed by atoms with Crippen LogP contribution in [0.25, 0.3) is 10.9 Å². The number of nitrogens with zero attached hydrogens (tertiary/aromatic N) is 1. The largest absolute Gasteiger partial charge is 0.361 e. The summed E-state index contributed by atoms with van der Waals surface area (Å²) in [6.45, 7) is 2.36. The number of carbonyl (C=O) groups excluding carboxylic acids is 1. The fraction of sp³-hybridized carbons (Fsp3) is 0.400. The van der Waals surface area contributed by atoms with Gasteiger partial charge in [0.2, 0.25) is 0 Å². The molecule has 2 heterocycles. The van der Waals surface area contributed by atoms with Crippen LogP contribution >= 0.6 is 0 Å². The summed E-state index contributed by atoms with van der Waals surface area (Å²) in [5, 5.41) is 1.09. The molecule has 3 N–H and O–H groups in total. The van der Waals surface area contributed by atoms with E-state index in [1.807, 2.05) is 35.4 Å². The summed E-state index contributed by atoms with van der Waals surface area (Å²) in [6.07, 6.45) is 3.91. The number of H-pyrrole nitrogens is 1. The summed E-state index contributed by atoms with van der Waals surface area (Å²) < 4.78 is 0. The minimum Gasteiger partial charge on any atom is -0.361 e. The number of aromatic nitrogens is 1. The lowest BCUT2D eigenvalue weighted by Crippen LogP contribution is -2.40. The molecule has 1 saturated heterocycles. The van der Waals surface area contributed by atoms with Gasteiger partial charge in [-0.15, -0.1) is 0 Å². The minimum absolute atomic E-state index is 0.128. The molecule has 0 aliphatic carbocycles. The number of para-hydroxylation sites is 1. The van der Waals surface area contributed by atoms with Crippen molar-refractivity contribution >= 4 is 16.8 Å². The first-order valence-electron chi connectivity index (χ1n) is 6.85. The van der Waals surface area contributed by atoms with Crippen LogP contribution in [0.5, 0.6) is 0 Å². The number of hydrogen-bond donors (Lipinski definition) is 2. The van der Waals surface area contributed by atoms with Crippen LogP contribution in [0.2, 0.25) is 0 Å². The average molecular weight is 257 g/mol. The SMILES string of the molecule is NCC1CCN(C(=O)c2cccc3cc[nH]c23)CC1. The highest BCUT2D eigenvalue weighted by molar-refractivity contribution is 6.05. The average Bonchev–Trinajstić information content (AvgIpc) is 2.95. The van der Waals surface area contributed by atoms with E-state index in [1.54, 1.807) is 0 Å². The van der Waals surface area contributed by atoms with Gasteiger partial charge >= 0.3 is 0 Å². The quantitative estimate of drug-likeness (QED) is 0.864. The van der Waals surface area contributed by atoms with E-state index in [0.717, 1.165) is 48.9 Å². The van der Waals surface area contributed by atoms with Gasteiger partial charge in [0, 0.05) is 24.7 Å². The lowest BCUT2D eigenvalue weighted by atomic mass is 9.96. The maximum absolute atomic E-state index is 12.6. The highest BCUT2D eigenvalue weighted by atomic mass is 16.2. The molecular weight excluding hydrogens is 238 g/mol. The number of carbonyl (C=O) groups is 1. The van der Waals surface area contributed by atoms with E-state index in [4.69, 9.17) is 5.73 Å². The molecule has 2 aromatic rings. The number of likely N-dealkylation sites (tertiary alicyclic amines) is 1. The third-order valence-corrected chi connectivity index (χ3v) is 4.05. The lowest BCUT2D eigenvalue weighted by Gasteiger charge is -2.31. The molecule has 0 spiro atoms. The number of nitrogens with two attached hydrogens (primary N) is 1. The van der Waals surface area contributed by atoms with Crippen LogP contribution < -0.4 is 5.73 Å². The normalized spacial score (nSPS) is 17.0. The first kappa shape index (κ1) is 12.2. The molecule has 3 rings (SSSR count). The van der Waals surface area contributed by atoms with Gasteiger partial charge in [0.1, 0.15) is 0 Å². The summed E-state index contributed by atoms with van der Waals surface area (Å²) >= 11 is 0. The van der Waals surface area contributed by atoms with Crippen LogP contribution in [0.4, 0.5) is 0 Å². The Bertz CT molecular complexity index is 582. The van der Waals surface area contributed by atoms with Gasteiger partial charge < -0.3 is 15.6 Å². The third kappa shape index (κ3) is 2.24. The van der Waals surface area contributed by atoms with Crippen molar-refractivity contribution in [3.63, 3.8) is 0 Å². The summed E-state index contributed by atoms with van der Waals surface area (Å²) in [5.74, 6) is 0.703. The van der Waals surface area contributed by atoms with Gasteiger partial charge in [-0.1, -0.05) is 12.1 Å². The molecule has 0 bridgehead atoms. The van der Waals surface area contributed by atoms with Gasteiger partial charge in [-0.2, -0.15) is 0 Å². The van der Waals surface area contributed by atoms with Crippen molar-refractivity contribution in [2.24, 2.45) is 11.7 Å². The first-order chi connectivity index (χ1) is 9.29. The van der Waals surface area contributed by atoms with Gasteiger partial charge in [-0.25, -0.2) is 0 Å². The van der Waals surface area contributed by atoms with Crippen molar-refractivity contribution in [2.75, 3.05) is 19.6 Å². The van der Waals surface area contributed by atoms with E-state index >= 15 is 0 Å². The molecule has 0 radical (unpaired) electrons. The second kappa shape index (κ2) is 5.05. The van der Waals surface area contributed by atoms with Crippen molar-refractivity contribution in [2.45, 2.75) is 12.8 Å². The first-order valence-corrected chi connectivity index (χ1v) is 6.85. The molecule has 1 aromatic carbocycles. The number of rotatable bonds is 2. The third-order valence-electron chi connectivity index (χ3n) is 4.05. The van der Waals surface area contributed by atoms with Gasteiger partial charge in [0.15, 0.2) is 0 Å². The Morgan fingerprint density at radius 2 is 2.11 bits per heavy atom. The molecule has 1 amide bonds. The predicted molar refractivity (Wildman–Crippen MR) is 76.0 cm³/mol. The maximum atomic E-state index is 12.6. The predicted octanol–water partition coefficient (Wildman–Crippen LogP) is 1.98. The fourth-order valence-electron chi connectivity index (χ4n) is 2.81. The molecule has 0 atom stereocenters. The van der Waals surface area contributed by atoms with Crippen LogP contribution in [0, 0.1) is 5.92 Å². The van der Waals surface area contributed by atoms with Crippen LogP contribution in [-0.4, -0.2) is 35.4 Å². The molecule has 0 unspecified atom stereocenters. The molecular formula is C15H19N3O. The van der Waals surface area contributed by atoms with Crippen molar-refractivity contribution < 1.29 is 4.79 Å². The molecule has 19 heavy (non-hydrogen) atoms. The molecule has 1 fully saturated rings. The van der Waals surface area contributed by atoms with Crippen molar-refractivity contribution in [3.05, 3.63) is 36.0 Å². The second-order valence-corrected chi connectivity index (χ2v) is 5.22. The zero-order chi connectivity index (χ0) is 13.2. The minimum atomic E-state index is 0.128. The Hall–Kier alpha value is -1.81. The number of fused-ring (bicyclic) bond motifs is 1. The van der Waals surface area contributed by atoms with Crippen molar-refractivity contribution in [3.8, 4) is 0 Å². The standard InChI is InChI=1S/C15H19N3O/c16-10-11-5-8-18(9-6-11)15(19)13-3-1-2-12-4-7-17-14(12)13/h1-4,7,11,17H,5-6,8-10,16H2. The fourth-order valence-corrected chi connectivity index (χ4v) is 2.81. The molecule has 1 aromatic heterocycles. The van der Waals surface area contributed by atoms with Gasteiger partial charge in [0.25, 0.3) is 5.91 Å². The Kier molecular flexibility index (Phi) is 3.25. The number of nitrogens with one attached hydrogen (secondary N) is 1. The van der Waals surface area contributed by atoms with E-state index in [2.05, 4.69) is 4.98 Å². The summed E-state index contributed by atoms with van der Waals surface area (Å²) in [5.41, 5.74) is 7.40. The number of amides is 1. The summed E-state index contributed by atoms with van der Waals surface area (Å²) in [4.78, 5) is 17.7. The smallest absolute Gasteiger partial charge is 0.255 e. The Labute approximate surface area is 112 Å². The zero-order valence-corrected chi connectivity index (χ0v) is 10.9. The van der Waals surface area contributed by atoms with Gasteiger partial charge in [-0.05, 0) is 37.4 Å². The zero-order valence-electron chi connectivity index (χ0n) is 10.9. The highest BCUT2D eigenvalue weighted by Gasteiger charge is 2.24. The van der Waals surface area contributed by atoms with Crippen LogP contribution in [-0.2, 0) is 0 Å². The number of piperidine rings is 1. The molecule has 4 nitrogen and oxygen atoms in total. The van der Waals surface area contributed by atoms with Crippen LogP contribution in [0.1, 0.15) is 23.2 Å². The van der Waals surface area contributed by atoms with Gasteiger partial charge in [0.05, 0.1) is 11.1 Å². The summed E-state index contributed by atoms with van der Waals surface area (Å²) in [7, 11) is 0. The van der Waals surface area contributed by atoms with Crippen LogP contribution in [0.15, 0.2) is 30.5 Å². The number of aromatic amines is 1. The van der Waals surface area contributed by atoms with E-state index < -0.39 is 0 Å². The summed E-state index contributed by atoms with van der Waals surface area (Å²) in [6, 6.07) is 7.85. The Morgan fingerprint density at radius 1 is 1.32 bits per heavy atom. The Balaban J connectivity index is 1.82. The number of hydrogen-bond acceptors (Lipinski definition) is 2. The lowest BCUT2D eigenvalue weighted by molar-refractivity contribution is 0.0695. The molecule has 1 aliphatic heterocycles. The Morgan fingerprint density at radius 3 is 2.84 bits per heavy atom. The second-order valence-electron chi connectivity index (χ2n) is 5.22. The topological polar surface area (TPSA) is 62.1 Å².